The van der Waals surface area contributed by atoms with Crippen LogP contribution in [0.5, 0.6) is 5.75 Å². The predicted molar refractivity (Wildman–Crippen MR) is 137 cm³/mol. The number of benzene rings is 3. The summed E-state index contributed by atoms with van der Waals surface area (Å²) in [5.74, 6) is -0.0644. The van der Waals surface area contributed by atoms with Crippen LogP contribution in [0.4, 0.5) is 11.4 Å². The Bertz CT molecular complexity index is 1260. The van der Waals surface area contributed by atoms with Gasteiger partial charge in [-0.2, -0.15) is 0 Å². The van der Waals surface area contributed by atoms with Crippen molar-refractivity contribution in [2.24, 2.45) is 0 Å². The average Bonchev–Trinajstić information content (AvgIpc) is 2.82. The number of ether oxygens (including phenoxy) is 1. The van der Waals surface area contributed by atoms with Crippen molar-refractivity contribution in [3.63, 3.8) is 0 Å². The van der Waals surface area contributed by atoms with E-state index in [1.807, 2.05) is 30.1 Å². The third-order valence-electron chi connectivity index (χ3n) is 5.08. The second-order valence-electron chi connectivity index (χ2n) is 8.10. The van der Waals surface area contributed by atoms with Crippen LogP contribution in [0.1, 0.15) is 16.8 Å². The molecule has 0 unspecified atom stereocenters. The van der Waals surface area contributed by atoms with Crippen molar-refractivity contribution < 1.29 is 22.7 Å². The number of carbonyl (C=O) groups is 2. The van der Waals surface area contributed by atoms with Gasteiger partial charge in [0.25, 0.3) is 5.91 Å². The molecule has 0 radical (unpaired) electrons. The van der Waals surface area contributed by atoms with Crippen LogP contribution in [-0.2, 0) is 14.6 Å². The third-order valence-corrected chi connectivity index (χ3v) is 6.19. The first-order valence-corrected chi connectivity index (χ1v) is 13.0. The number of carbonyl (C=O) groups excluding carboxylic acids is 2. The highest BCUT2D eigenvalue weighted by molar-refractivity contribution is 7.90. The summed E-state index contributed by atoms with van der Waals surface area (Å²) in [4.78, 5) is 27.3. The number of amides is 2. The molecule has 0 saturated heterocycles. The van der Waals surface area contributed by atoms with E-state index in [-0.39, 0.29) is 23.3 Å². The van der Waals surface area contributed by atoms with Gasteiger partial charge in [-0.3, -0.25) is 14.5 Å². The summed E-state index contributed by atoms with van der Waals surface area (Å²) in [5.41, 5.74) is 1.48. The summed E-state index contributed by atoms with van der Waals surface area (Å²) >= 11 is 0. The largest absolute Gasteiger partial charge is 0.494 e. The molecular formula is C26H29N3O5S. The Morgan fingerprint density at radius 2 is 1.63 bits per heavy atom. The molecule has 9 heteroatoms. The topological polar surface area (TPSA) is 105 Å². The minimum atomic E-state index is -3.29. The summed E-state index contributed by atoms with van der Waals surface area (Å²) in [6.07, 6.45) is 1.79. The van der Waals surface area contributed by atoms with Crippen molar-refractivity contribution in [1.29, 1.82) is 0 Å². The molecule has 8 nitrogen and oxygen atoms in total. The van der Waals surface area contributed by atoms with Gasteiger partial charge in [-0.1, -0.05) is 36.4 Å². The van der Waals surface area contributed by atoms with Gasteiger partial charge in [0, 0.05) is 18.5 Å². The lowest BCUT2D eigenvalue weighted by Crippen LogP contribution is -2.32. The molecular weight excluding hydrogens is 466 g/mol. The molecule has 3 rings (SSSR count). The van der Waals surface area contributed by atoms with E-state index in [0.717, 1.165) is 6.26 Å². The monoisotopic (exact) mass is 495 g/mol. The maximum absolute atomic E-state index is 12.7. The highest BCUT2D eigenvalue weighted by Gasteiger charge is 2.14. The summed E-state index contributed by atoms with van der Waals surface area (Å²) in [5, 5.41) is 5.64. The van der Waals surface area contributed by atoms with Crippen LogP contribution < -0.4 is 15.4 Å². The number of sulfone groups is 1. The maximum atomic E-state index is 12.7. The molecule has 0 aromatic heterocycles. The molecule has 0 atom stereocenters. The smallest absolute Gasteiger partial charge is 0.257 e. The van der Waals surface area contributed by atoms with Gasteiger partial charge in [0.1, 0.15) is 5.75 Å². The fraction of sp³-hybridized carbons (Fsp3) is 0.231. The first-order valence-electron chi connectivity index (χ1n) is 11.1. The van der Waals surface area contributed by atoms with Crippen molar-refractivity contribution in [2.45, 2.75) is 11.3 Å². The summed E-state index contributed by atoms with van der Waals surface area (Å²) in [7, 11) is -1.47. The Kier molecular flexibility index (Phi) is 8.99. The zero-order valence-electron chi connectivity index (χ0n) is 19.7. The van der Waals surface area contributed by atoms with Crippen LogP contribution >= 0.6 is 0 Å². The maximum Gasteiger partial charge on any atom is 0.257 e. The summed E-state index contributed by atoms with van der Waals surface area (Å²) < 4.78 is 29.0. The van der Waals surface area contributed by atoms with E-state index in [9.17, 15) is 18.0 Å². The van der Waals surface area contributed by atoms with E-state index in [0.29, 0.717) is 42.3 Å². The number of hydrogen-bond acceptors (Lipinski definition) is 6. The SMILES string of the molecule is CN(CCCOc1cccc(S(C)(=O)=O)c1)CC(=O)Nc1ccccc1C(=O)Nc1ccccc1. The quantitative estimate of drug-likeness (QED) is 0.393. The van der Waals surface area contributed by atoms with Gasteiger partial charge in [0.05, 0.1) is 29.3 Å². The summed E-state index contributed by atoms with van der Waals surface area (Å²) in [6.45, 7) is 1.11. The van der Waals surface area contributed by atoms with E-state index in [1.165, 1.54) is 12.1 Å². The molecule has 35 heavy (non-hydrogen) atoms. The number of anilines is 2. The molecule has 184 valence electrons. The molecule has 0 spiro atoms. The molecule has 0 saturated carbocycles. The van der Waals surface area contributed by atoms with Crippen LogP contribution in [0.2, 0.25) is 0 Å². The van der Waals surface area contributed by atoms with Crippen LogP contribution in [-0.4, -0.2) is 58.1 Å². The normalized spacial score (nSPS) is 11.2. The lowest BCUT2D eigenvalue weighted by Gasteiger charge is -2.17. The first kappa shape index (κ1) is 25.9. The lowest BCUT2D eigenvalue weighted by atomic mass is 10.1. The molecule has 0 aliphatic rings. The number of likely N-dealkylation sites (N-methyl/N-ethyl adjacent to an activating group) is 1. The van der Waals surface area contributed by atoms with Crippen LogP contribution in [0.3, 0.4) is 0 Å². The predicted octanol–water partition coefficient (Wildman–Crippen LogP) is 3.68. The van der Waals surface area contributed by atoms with Gasteiger partial charge in [-0.25, -0.2) is 8.42 Å². The van der Waals surface area contributed by atoms with E-state index in [4.69, 9.17) is 4.74 Å². The molecule has 0 aliphatic heterocycles. The Labute approximate surface area is 205 Å². The highest BCUT2D eigenvalue weighted by Crippen LogP contribution is 2.18. The number of rotatable bonds is 11. The number of para-hydroxylation sites is 2. The number of hydrogen-bond donors (Lipinski definition) is 2. The number of nitrogens with zero attached hydrogens (tertiary/aromatic N) is 1. The van der Waals surface area contributed by atoms with Gasteiger partial charge in [0.15, 0.2) is 9.84 Å². The van der Waals surface area contributed by atoms with E-state index < -0.39 is 9.84 Å². The molecule has 2 amide bonds. The minimum absolute atomic E-state index is 0.137. The third kappa shape index (κ3) is 8.24. The number of nitrogens with one attached hydrogen (secondary N) is 2. The molecule has 2 N–H and O–H groups in total. The standard InChI is InChI=1S/C26H29N3O5S/c1-29(16-9-17-34-21-12-8-13-22(18-21)35(2,32)33)19-25(30)28-24-15-7-6-14-23(24)26(31)27-20-10-4-3-5-11-20/h3-8,10-15,18H,9,16-17,19H2,1-2H3,(H,27,31)(H,28,30). The van der Waals surface area contributed by atoms with Crippen molar-refractivity contribution in [3.8, 4) is 5.75 Å². The van der Waals surface area contributed by atoms with Crippen molar-refractivity contribution in [2.75, 3.05) is 43.6 Å². The fourth-order valence-corrected chi connectivity index (χ4v) is 4.00. The Morgan fingerprint density at radius 3 is 2.37 bits per heavy atom. The van der Waals surface area contributed by atoms with Gasteiger partial charge >= 0.3 is 0 Å². The zero-order chi connectivity index (χ0) is 25.3. The van der Waals surface area contributed by atoms with Gasteiger partial charge in [0.2, 0.25) is 5.91 Å². The molecule has 3 aromatic rings. The fourth-order valence-electron chi connectivity index (χ4n) is 3.34. The Hall–Kier alpha value is -3.69. The van der Waals surface area contributed by atoms with E-state index >= 15 is 0 Å². The van der Waals surface area contributed by atoms with Crippen molar-refractivity contribution >= 4 is 33.0 Å². The van der Waals surface area contributed by atoms with Crippen LogP contribution in [0.25, 0.3) is 0 Å². The van der Waals surface area contributed by atoms with Crippen LogP contribution in [0.15, 0.2) is 83.8 Å². The lowest BCUT2D eigenvalue weighted by molar-refractivity contribution is -0.117. The second kappa shape index (κ2) is 12.1. The highest BCUT2D eigenvalue weighted by atomic mass is 32.2. The van der Waals surface area contributed by atoms with E-state index in [2.05, 4.69) is 10.6 Å². The zero-order valence-corrected chi connectivity index (χ0v) is 20.5. The molecule has 0 heterocycles. The van der Waals surface area contributed by atoms with Gasteiger partial charge in [-0.05, 0) is 55.9 Å². The van der Waals surface area contributed by atoms with E-state index in [1.54, 1.807) is 48.5 Å². The van der Waals surface area contributed by atoms with Crippen LogP contribution in [0, 0.1) is 0 Å². The second-order valence-corrected chi connectivity index (χ2v) is 10.1. The molecule has 0 aliphatic carbocycles. The first-order chi connectivity index (χ1) is 16.7. The molecule has 0 fully saturated rings. The minimum Gasteiger partial charge on any atom is -0.494 e. The van der Waals surface area contributed by atoms with Crippen molar-refractivity contribution in [1.82, 2.24) is 4.90 Å². The van der Waals surface area contributed by atoms with Crippen molar-refractivity contribution in [3.05, 3.63) is 84.4 Å². The molecule has 0 bridgehead atoms. The van der Waals surface area contributed by atoms with Gasteiger partial charge < -0.3 is 15.4 Å². The molecule has 3 aromatic carbocycles. The average molecular weight is 496 g/mol. The Morgan fingerprint density at radius 1 is 0.914 bits per heavy atom. The van der Waals surface area contributed by atoms with Gasteiger partial charge in [-0.15, -0.1) is 0 Å². The summed E-state index contributed by atoms with van der Waals surface area (Å²) in [6, 6.07) is 22.3. The Balaban J connectivity index is 1.46.